The molecule has 1 fully saturated rings. The van der Waals surface area contributed by atoms with E-state index < -0.39 is 0 Å². The number of fused-ring (bicyclic) bond motifs is 3. The van der Waals surface area contributed by atoms with Crippen molar-refractivity contribution in [3.63, 3.8) is 0 Å². The predicted molar refractivity (Wildman–Crippen MR) is 73.7 cm³/mol. The van der Waals surface area contributed by atoms with E-state index in [1.54, 1.807) is 11.1 Å². The minimum absolute atomic E-state index is 0.346. The molecule has 94 valence electrons. The molecule has 1 saturated carbocycles. The van der Waals surface area contributed by atoms with Crippen LogP contribution in [0.3, 0.4) is 0 Å². The fourth-order valence-electron chi connectivity index (χ4n) is 3.69. The second-order valence-electron chi connectivity index (χ2n) is 5.41. The first-order valence-electron chi connectivity index (χ1n) is 6.80. The van der Waals surface area contributed by atoms with Crippen LogP contribution in [0.1, 0.15) is 36.8 Å². The summed E-state index contributed by atoms with van der Waals surface area (Å²) in [7, 11) is 0. The fourth-order valence-corrected chi connectivity index (χ4v) is 3.69. The van der Waals surface area contributed by atoms with Crippen molar-refractivity contribution in [2.24, 2.45) is 17.7 Å². The maximum atomic E-state index is 5.71. The van der Waals surface area contributed by atoms with E-state index in [1.165, 1.54) is 12.8 Å². The lowest BCUT2D eigenvalue weighted by Crippen LogP contribution is -2.37. The first-order chi connectivity index (χ1) is 8.86. The van der Waals surface area contributed by atoms with Crippen LogP contribution >= 0.6 is 0 Å². The number of nitrogens with two attached hydrogens (primary N) is 1. The molecule has 2 heteroatoms. The zero-order valence-electron chi connectivity index (χ0n) is 10.8. The lowest BCUT2D eigenvalue weighted by molar-refractivity contribution is 0.451. The molecule has 3 N–H and O–H groups in total. The Labute approximate surface area is 109 Å². The first kappa shape index (κ1) is 11.8. The molecule has 2 aliphatic carbocycles. The van der Waals surface area contributed by atoms with Crippen LogP contribution in [0.4, 0.5) is 0 Å². The Bertz CT molecular complexity index is 497. The Hall–Kier alpha value is -1.30. The van der Waals surface area contributed by atoms with Crippen molar-refractivity contribution in [3.05, 3.63) is 35.4 Å². The number of hydrogen-bond acceptors (Lipinski definition) is 2. The molecule has 0 saturated heterocycles. The molecule has 0 heterocycles. The molecule has 18 heavy (non-hydrogen) atoms. The Morgan fingerprint density at radius 2 is 2.28 bits per heavy atom. The van der Waals surface area contributed by atoms with Crippen LogP contribution in [-0.2, 0) is 6.42 Å². The largest absolute Gasteiger partial charge is 0.271 e. The molecule has 0 aromatic heterocycles. The molecular weight excluding hydrogens is 220 g/mol. The van der Waals surface area contributed by atoms with Crippen LogP contribution in [0, 0.1) is 23.7 Å². The monoisotopic (exact) mass is 240 g/mol. The van der Waals surface area contributed by atoms with Gasteiger partial charge in [0.1, 0.15) is 0 Å². The van der Waals surface area contributed by atoms with Gasteiger partial charge < -0.3 is 0 Å². The van der Waals surface area contributed by atoms with Gasteiger partial charge in [0.25, 0.3) is 0 Å². The van der Waals surface area contributed by atoms with Crippen molar-refractivity contribution in [2.45, 2.75) is 38.1 Å². The van der Waals surface area contributed by atoms with Crippen molar-refractivity contribution < 1.29 is 0 Å². The first-order valence-corrected chi connectivity index (χ1v) is 6.80. The average Bonchev–Trinajstić information content (AvgIpc) is 3.15. The lowest BCUT2D eigenvalue weighted by atomic mass is 9.92. The van der Waals surface area contributed by atoms with E-state index >= 15 is 0 Å². The summed E-state index contributed by atoms with van der Waals surface area (Å²) in [5.74, 6) is 14.1. The van der Waals surface area contributed by atoms with Crippen LogP contribution in [0.5, 0.6) is 0 Å². The molecule has 0 amide bonds. The highest BCUT2D eigenvalue weighted by Crippen LogP contribution is 2.61. The molecule has 1 aromatic rings. The minimum Gasteiger partial charge on any atom is -0.271 e. The minimum atomic E-state index is 0.346. The number of aryl methyl sites for hydroxylation is 1. The third-order valence-electron chi connectivity index (χ3n) is 4.57. The third kappa shape index (κ3) is 1.84. The van der Waals surface area contributed by atoms with E-state index in [9.17, 15) is 0 Å². The summed E-state index contributed by atoms with van der Waals surface area (Å²) in [6.45, 7) is 1.89. The topological polar surface area (TPSA) is 38.0 Å². The number of nitrogens with one attached hydrogen (secondary N) is 1. The summed E-state index contributed by atoms with van der Waals surface area (Å²) in [6.07, 6.45) is 3.40. The van der Waals surface area contributed by atoms with E-state index in [0.717, 1.165) is 18.3 Å². The van der Waals surface area contributed by atoms with Gasteiger partial charge in [0.15, 0.2) is 0 Å². The summed E-state index contributed by atoms with van der Waals surface area (Å²) >= 11 is 0. The van der Waals surface area contributed by atoms with Gasteiger partial charge in [-0.25, -0.2) is 0 Å². The third-order valence-corrected chi connectivity index (χ3v) is 4.57. The van der Waals surface area contributed by atoms with Crippen molar-refractivity contribution >= 4 is 0 Å². The van der Waals surface area contributed by atoms with E-state index in [4.69, 9.17) is 5.84 Å². The maximum Gasteiger partial charge on any atom is 0.0356 e. The van der Waals surface area contributed by atoms with Crippen molar-refractivity contribution in [3.8, 4) is 11.8 Å². The quantitative estimate of drug-likeness (QED) is 0.483. The van der Waals surface area contributed by atoms with E-state index in [-0.39, 0.29) is 0 Å². The van der Waals surface area contributed by atoms with Gasteiger partial charge in [0.05, 0.1) is 0 Å². The molecular formula is C16H20N2. The van der Waals surface area contributed by atoms with E-state index in [2.05, 4.69) is 41.5 Å². The SMILES string of the molecule is CC#CCC(NN)C1C2CCc3ccccc3C21. The lowest BCUT2D eigenvalue weighted by Gasteiger charge is -2.14. The number of benzene rings is 1. The highest BCUT2D eigenvalue weighted by molar-refractivity contribution is 5.40. The van der Waals surface area contributed by atoms with Gasteiger partial charge in [-0.1, -0.05) is 24.3 Å². The van der Waals surface area contributed by atoms with Gasteiger partial charge in [-0.05, 0) is 48.6 Å². The summed E-state index contributed by atoms with van der Waals surface area (Å²) < 4.78 is 0. The molecule has 0 radical (unpaired) electrons. The molecule has 4 unspecified atom stereocenters. The number of rotatable bonds is 3. The van der Waals surface area contributed by atoms with E-state index in [1.807, 2.05) is 6.92 Å². The molecule has 0 bridgehead atoms. The van der Waals surface area contributed by atoms with Crippen LogP contribution in [0.2, 0.25) is 0 Å². The fraction of sp³-hybridized carbons (Fsp3) is 0.500. The average molecular weight is 240 g/mol. The highest BCUT2D eigenvalue weighted by atomic mass is 15.2. The predicted octanol–water partition coefficient (Wildman–Crippen LogP) is 2.21. The molecule has 2 nitrogen and oxygen atoms in total. The van der Waals surface area contributed by atoms with Crippen molar-refractivity contribution in [2.75, 3.05) is 0 Å². The second kappa shape index (κ2) is 4.76. The molecule has 2 aliphatic rings. The van der Waals surface area contributed by atoms with Gasteiger partial charge in [-0.3, -0.25) is 11.3 Å². The Kier molecular flexibility index (Phi) is 3.11. The maximum absolute atomic E-state index is 5.71. The smallest absolute Gasteiger partial charge is 0.0356 e. The van der Waals surface area contributed by atoms with Crippen LogP contribution in [0.15, 0.2) is 24.3 Å². The summed E-state index contributed by atoms with van der Waals surface area (Å²) in [5.41, 5.74) is 6.08. The van der Waals surface area contributed by atoms with Crippen LogP contribution in [0.25, 0.3) is 0 Å². The normalized spacial score (nSPS) is 29.6. The summed E-state index contributed by atoms with van der Waals surface area (Å²) in [6, 6.07) is 9.23. The zero-order valence-corrected chi connectivity index (χ0v) is 10.8. The van der Waals surface area contributed by atoms with Crippen molar-refractivity contribution in [1.29, 1.82) is 0 Å². The number of hydrazine groups is 1. The van der Waals surface area contributed by atoms with Gasteiger partial charge in [0, 0.05) is 12.5 Å². The van der Waals surface area contributed by atoms with Crippen molar-refractivity contribution in [1.82, 2.24) is 5.43 Å². The second-order valence-corrected chi connectivity index (χ2v) is 5.41. The number of hydrogen-bond donors (Lipinski definition) is 2. The molecule has 4 atom stereocenters. The summed E-state index contributed by atoms with van der Waals surface area (Å²) in [5, 5.41) is 0. The van der Waals surface area contributed by atoms with Gasteiger partial charge in [-0.2, -0.15) is 0 Å². The molecule has 0 spiro atoms. The van der Waals surface area contributed by atoms with E-state index in [0.29, 0.717) is 12.0 Å². The Morgan fingerprint density at radius 3 is 3.06 bits per heavy atom. The van der Waals surface area contributed by atoms with Gasteiger partial charge >= 0.3 is 0 Å². The standard InChI is InChI=1S/C16H20N2/c1-2-3-8-14(18-17)16-13-10-9-11-6-4-5-7-12(11)15(13)16/h4-7,13-16,18H,8-10,17H2,1H3. The molecule has 3 rings (SSSR count). The van der Waals surface area contributed by atoms with Crippen LogP contribution < -0.4 is 11.3 Å². The summed E-state index contributed by atoms with van der Waals surface area (Å²) in [4.78, 5) is 0. The molecule has 1 aromatic carbocycles. The van der Waals surface area contributed by atoms with Gasteiger partial charge in [-0.15, -0.1) is 11.8 Å². The Balaban J connectivity index is 1.80. The highest BCUT2D eigenvalue weighted by Gasteiger charge is 2.55. The van der Waals surface area contributed by atoms with Gasteiger partial charge in [0.2, 0.25) is 0 Å². The molecule has 0 aliphatic heterocycles. The zero-order chi connectivity index (χ0) is 12.5. The Morgan fingerprint density at radius 1 is 1.44 bits per heavy atom. The van der Waals surface area contributed by atoms with Crippen LogP contribution in [-0.4, -0.2) is 6.04 Å².